The molecule has 0 atom stereocenters. The van der Waals surface area contributed by atoms with Gasteiger partial charge in [-0.3, -0.25) is 9.89 Å². The van der Waals surface area contributed by atoms with Crippen molar-refractivity contribution in [3.05, 3.63) is 54.0 Å². The van der Waals surface area contributed by atoms with Gasteiger partial charge in [-0.1, -0.05) is 0 Å². The number of amides is 1. The van der Waals surface area contributed by atoms with Gasteiger partial charge in [0, 0.05) is 22.7 Å². The van der Waals surface area contributed by atoms with Crippen LogP contribution in [-0.2, 0) is 0 Å². The highest BCUT2D eigenvalue weighted by molar-refractivity contribution is 6.06. The number of fused-ring (bicyclic) bond motifs is 2. The molecule has 6 nitrogen and oxygen atoms in total. The van der Waals surface area contributed by atoms with Crippen molar-refractivity contribution in [3.63, 3.8) is 0 Å². The summed E-state index contributed by atoms with van der Waals surface area (Å²) in [7, 11) is 0. The molecule has 25 heavy (non-hydrogen) atoms. The Morgan fingerprint density at radius 1 is 1.20 bits per heavy atom. The summed E-state index contributed by atoms with van der Waals surface area (Å²) in [5.74, 6) is 0.796. The van der Waals surface area contributed by atoms with Crippen molar-refractivity contribution in [1.82, 2.24) is 19.7 Å². The molecule has 2 aromatic heterocycles. The average Bonchev–Trinajstić information content (AvgIpc) is 3.16. The first kappa shape index (κ1) is 15.4. The molecule has 0 aliphatic carbocycles. The Balaban J connectivity index is 1.65. The van der Waals surface area contributed by atoms with Crippen molar-refractivity contribution in [3.8, 4) is 0 Å². The summed E-state index contributed by atoms with van der Waals surface area (Å²) in [4.78, 5) is 17.2. The van der Waals surface area contributed by atoms with Crippen LogP contribution in [0.25, 0.3) is 21.9 Å². The SMILES string of the molecule is Cc1nc2cc(C(=O)Nc3ccc4cn[nH]c4c3)ccc2n1C(C)C. The van der Waals surface area contributed by atoms with Crippen LogP contribution in [0.2, 0.25) is 0 Å². The van der Waals surface area contributed by atoms with Crippen molar-refractivity contribution >= 4 is 33.5 Å². The van der Waals surface area contributed by atoms with Crippen LogP contribution in [-0.4, -0.2) is 25.7 Å². The topological polar surface area (TPSA) is 75.6 Å². The maximum atomic E-state index is 12.6. The minimum absolute atomic E-state index is 0.155. The van der Waals surface area contributed by atoms with Crippen LogP contribution in [0.3, 0.4) is 0 Å². The first-order chi connectivity index (χ1) is 12.0. The normalized spacial score (nSPS) is 11.5. The lowest BCUT2D eigenvalue weighted by molar-refractivity contribution is 0.102. The molecule has 4 rings (SSSR count). The van der Waals surface area contributed by atoms with E-state index in [1.165, 1.54) is 0 Å². The fourth-order valence-electron chi connectivity index (χ4n) is 3.23. The van der Waals surface area contributed by atoms with Gasteiger partial charge in [0.05, 0.1) is 22.7 Å². The molecule has 2 aromatic carbocycles. The van der Waals surface area contributed by atoms with E-state index in [9.17, 15) is 4.79 Å². The molecular formula is C19H19N5O. The summed E-state index contributed by atoms with van der Waals surface area (Å²) < 4.78 is 2.17. The third-order valence-electron chi connectivity index (χ3n) is 4.34. The highest BCUT2D eigenvalue weighted by Gasteiger charge is 2.13. The number of rotatable bonds is 3. The van der Waals surface area contributed by atoms with Crippen LogP contribution < -0.4 is 5.32 Å². The largest absolute Gasteiger partial charge is 0.326 e. The van der Waals surface area contributed by atoms with Crippen LogP contribution in [0, 0.1) is 6.92 Å². The smallest absolute Gasteiger partial charge is 0.255 e. The number of imidazole rings is 1. The number of hydrogen-bond acceptors (Lipinski definition) is 3. The van der Waals surface area contributed by atoms with E-state index in [1.54, 1.807) is 6.20 Å². The third kappa shape index (κ3) is 2.65. The summed E-state index contributed by atoms with van der Waals surface area (Å²) >= 11 is 0. The van der Waals surface area contributed by atoms with Gasteiger partial charge in [0.15, 0.2) is 0 Å². The van der Waals surface area contributed by atoms with E-state index in [2.05, 4.69) is 38.9 Å². The van der Waals surface area contributed by atoms with Crippen molar-refractivity contribution in [1.29, 1.82) is 0 Å². The van der Waals surface area contributed by atoms with E-state index in [0.29, 0.717) is 11.6 Å². The molecule has 0 aliphatic rings. The van der Waals surface area contributed by atoms with Crippen LogP contribution >= 0.6 is 0 Å². The predicted molar refractivity (Wildman–Crippen MR) is 98.9 cm³/mol. The maximum Gasteiger partial charge on any atom is 0.255 e. The van der Waals surface area contributed by atoms with Gasteiger partial charge in [0.2, 0.25) is 0 Å². The first-order valence-corrected chi connectivity index (χ1v) is 8.26. The quantitative estimate of drug-likeness (QED) is 0.594. The van der Waals surface area contributed by atoms with Gasteiger partial charge in [0.25, 0.3) is 5.91 Å². The van der Waals surface area contributed by atoms with E-state index in [4.69, 9.17) is 0 Å². The number of hydrogen-bond donors (Lipinski definition) is 2. The summed E-state index contributed by atoms with van der Waals surface area (Å²) in [6.45, 7) is 6.24. The van der Waals surface area contributed by atoms with Crippen molar-refractivity contribution in [2.24, 2.45) is 0 Å². The Morgan fingerprint density at radius 2 is 2.04 bits per heavy atom. The Labute approximate surface area is 144 Å². The molecule has 0 saturated heterocycles. The molecule has 0 radical (unpaired) electrons. The van der Waals surface area contributed by atoms with Gasteiger partial charge in [-0.25, -0.2) is 4.98 Å². The van der Waals surface area contributed by atoms with Crippen LogP contribution in [0.1, 0.15) is 36.1 Å². The highest BCUT2D eigenvalue weighted by Crippen LogP contribution is 2.23. The van der Waals surface area contributed by atoms with E-state index in [1.807, 2.05) is 43.3 Å². The summed E-state index contributed by atoms with van der Waals surface area (Å²) in [5, 5.41) is 10.8. The summed E-state index contributed by atoms with van der Waals surface area (Å²) in [5.41, 5.74) is 4.08. The second-order valence-corrected chi connectivity index (χ2v) is 6.45. The molecule has 0 bridgehead atoms. The lowest BCUT2D eigenvalue weighted by atomic mass is 10.1. The minimum Gasteiger partial charge on any atom is -0.326 e. The highest BCUT2D eigenvalue weighted by atomic mass is 16.1. The van der Waals surface area contributed by atoms with E-state index in [-0.39, 0.29) is 5.91 Å². The second kappa shape index (κ2) is 5.73. The maximum absolute atomic E-state index is 12.6. The van der Waals surface area contributed by atoms with Gasteiger partial charge in [-0.15, -0.1) is 0 Å². The zero-order valence-electron chi connectivity index (χ0n) is 14.4. The number of nitrogens with zero attached hydrogens (tertiary/aromatic N) is 3. The number of nitrogens with one attached hydrogen (secondary N) is 2. The van der Waals surface area contributed by atoms with E-state index < -0.39 is 0 Å². The number of aromatic nitrogens is 4. The molecule has 0 aliphatic heterocycles. The molecule has 6 heteroatoms. The van der Waals surface area contributed by atoms with Gasteiger partial charge in [0.1, 0.15) is 5.82 Å². The first-order valence-electron chi connectivity index (χ1n) is 8.26. The van der Waals surface area contributed by atoms with Crippen molar-refractivity contribution in [2.45, 2.75) is 26.8 Å². The molecule has 0 unspecified atom stereocenters. The minimum atomic E-state index is -0.155. The van der Waals surface area contributed by atoms with Gasteiger partial charge in [-0.05, 0) is 57.2 Å². The molecule has 4 aromatic rings. The zero-order chi connectivity index (χ0) is 17.6. The second-order valence-electron chi connectivity index (χ2n) is 6.45. The Hall–Kier alpha value is -3.15. The fourth-order valence-corrected chi connectivity index (χ4v) is 3.23. The molecule has 2 N–H and O–H groups in total. The van der Waals surface area contributed by atoms with Crippen molar-refractivity contribution in [2.75, 3.05) is 5.32 Å². The number of aromatic amines is 1. The number of aryl methyl sites for hydroxylation is 1. The predicted octanol–water partition coefficient (Wildman–Crippen LogP) is 4.05. The molecular weight excluding hydrogens is 314 g/mol. The van der Waals surface area contributed by atoms with Crippen LogP contribution in [0.4, 0.5) is 5.69 Å². The molecule has 0 saturated carbocycles. The number of H-pyrrole nitrogens is 1. The van der Waals surface area contributed by atoms with Crippen LogP contribution in [0.5, 0.6) is 0 Å². The van der Waals surface area contributed by atoms with Crippen LogP contribution in [0.15, 0.2) is 42.6 Å². The summed E-state index contributed by atoms with van der Waals surface area (Å²) in [6.07, 6.45) is 1.75. The van der Waals surface area contributed by atoms with Gasteiger partial charge < -0.3 is 9.88 Å². The standard InChI is InChI=1S/C19H19N5O/c1-11(2)24-12(3)21-17-8-13(5-7-18(17)24)19(25)22-15-6-4-14-10-20-23-16(14)9-15/h4-11H,1-3H3,(H,20,23)(H,22,25). The van der Waals surface area contributed by atoms with E-state index in [0.717, 1.165) is 33.4 Å². The monoisotopic (exact) mass is 333 g/mol. The number of benzene rings is 2. The Morgan fingerprint density at radius 3 is 2.84 bits per heavy atom. The molecule has 0 fully saturated rings. The van der Waals surface area contributed by atoms with Gasteiger partial charge >= 0.3 is 0 Å². The Kier molecular flexibility index (Phi) is 3.53. The van der Waals surface area contributed by atoms with Crippen molar-refractivity contribution < 1.29 is 4.79 Å². The third-order valence-corrected chi connectivity index (χ3v) is 4.34. The lowest BCUT2D eigenvalue weighted by Gasteiger charge is -2.11. The average molecular weight is 333 g/mol. The number of anilines is 1. The molecule has 1 amide bonds. The molecule has 2 heterocycles. The molecule has 0 spiro atoms. The van der Waals surface area contributed by atoms with E-state index >= 15 is 0 Å². The summed E-state index contributed by atoms with van der Waals surface area (Å²) in [6, 6.07) is 11.6. The fraction of sp³-hybridized carbons (Fsp3) is 0.211. The number of carbonyl (C=O) groups is 1. The molecule has 126 valence electrons. The lowest BCUT2D eigenvalue weighted by Crippen LogP contribution is -2.11. The Bertz CT molecular complexity index is 1090. The van der Waals surface area contributed by atoms with Gasteiger partial charge in [-0.2, -0.15) is 5.10 Å². The zero-order valence-corrected chi connectivity index (χ0v) is 14.4. The number of carbonyl (C=O) groups excluding carboxylic acids is 1.